The summed E-state index contributed by atoms with van der Waals surface area (Å²) in [5.41, 5.74) is 0.414. The minimum absolute atomic E-state index is 0.0929. The third kappa shape index (κ3) is 3.56. The summed E-state index contributed by atoms with van der Waals surface area (Å²) >= 11 is 5.07. The van der Waals surface area contributed by atoms with E-state index in [1.54, 1.807) is 29.5 Å². The van der Waals surface area contributed by atoms with E-state index < -0.39 is 0 Å². The Morgan fingerprint density at radius 2 is 2.27 bits per heavy atom. The molecule has 0 saturated carbocycles. The van der Waals surface area contributed by atoms with Crippen LogP contribution in [0.15, 0.2) is 22.1 Å². The summed E-state index contributed by atoms with van der Waals surface area (Å²) < 4.78 is 2.91. The van der Waals surface area contributed by atoms with Gasteiger partial charge in [-0.1, -0.05) is 5.21 Å². The van der Waals surface area contributed by atoms with Crippen LogP contribution < -0.4 is 5.32 Å². The van der Waals surface area contributed by atoms with Gasteiger partial charge in [-0.05, 0) is 54.0 Å². The smallest absolute Gasteiger partial charge is 0.276 e. The van der Waals surface area contributed by atoms with Gasteiger partial charge < -0.3 is 10.2 Å². The Kier molecular flexibility index (Phi) is 4.90. The summed E-state index contributed by atoms with van der Waals surface area (Å²) in [7, 11) is 1.79. The average Bonchev–Trinajstić information content (AvgIpc) is 3.17. The molecule has 0 atom stereocenters. The van der Waals surface area contributed by atoms with Gasteiger partial charge in [0.25, 0.3) is 5.91 Å². The molecule has 1 N–H and O–H groups in total. The lowest BCUT2D eigenvalue weighted by Crippen LogP contribution is -2.29. The zero-order valence-electron chi connectivity index (χ0n) is 12.3. The van der Waals surface area contributed by atoms with E-state index in [1.807, 2.05) is 16.8 Å². The highest BCUT2D eigenvalue weighted by molar-refractivity contribution is 9.11. The Bertz CT molecular complexity index is 649. The highest BCUT2D eigenvalue weighted by atomic mass is 79.9. The lowest BCUT2D eigenvalue weighted by molar-refractivity contribution is 0.0780. The second-order valence-electron chi connectivity index (χ2n) is 5.43. The Balaban J connectivity index is 1.65. The van der Waals surface area contributed by atoms with Gasteiger partial charge in [-0.15, -0.1) is 16.4 Å². The molecule has 1 aliphatic heterocycles. The SMILES string of the molecule is CN(Cc1ccc(Br)s1)C(=O)c1cn(C2CCNCC2)nn1. The predicted octanol–water partition coefficient (Wildman–Crippen LogP) is 2.30. The van der Waals surface area contributed by atoms with Crippen LogP contribution in [0.3, 0.4) is 0 Å². The van der Waals surface area contributed by atoms with Crippen molar-refractivity contribution in [3.05, 3.63) is 32.7 Å². The van der Waals surface area contributed by atoms with Crippen LogP contribution in [-0.4, -0.2) is 45.9 Å². The van der Waals surface area contributed by atoms with Crippen LogP contribution in [-0.2, 0) is 6.54 Å². The Labute approximate surface area is 141 Å². The van der Waals surface area contributed by atoms with Crippen molar-refractivity contribution in [1.82, 2.24) is 25.2 Å². The normalized spacial score (nSPS) is 15.9. The topological polar surface area (TPSA) is 63.1 Å². The van der Waals surface area contributed by atoms with Crippen LogP contribution >= 0.6 is 27.3 Å². The summed E-state index contributed by atoms with van der Waals surface area (Å²) in [5, 5.41) is 11.5. The van der Waals surface area contributed by atoms with E-state index >= 15 is 0 Å². The molecule has 1 saturated heterocycles. The molecule has 1 aliphatic rings. The summed E-state index contributed by atoms with van der Waals surface area (Å²) in [6.07, 6.45) is 3.82. The molecule has 0 radical (unpaired) electrons. The molecule has 6 nitrogen and oxygen atoms in total. The predicted molar refractivity (Wildman–Crippen MR) is 89.0 cm³/mol. The molecule has 0 aromatic carbocycles. The van der Waals surface area contributed by atoms with E-state index in [-0.39, 0.29) is 5.91 Å². The second kappa shape index (κ2) is 6.89. The first-order chi connectivity index (χ1) is 10.6. The first-order valence-electron chi connectivity index (χ1n) is 7.25. The van der Waals surface area contributed by atoms with Gasteiger partial charge >= 0.3 is 0 Å². The van der Waals surface area contributed by atoms with Gasteiger partial charge in [-0.3, -0.25) is 4.79 Å². The molecule has 118 valence electrons. The van der Waals surface area contributed by atoms with Crippen molar-refractivity contribution in [3.8, 4) is 0 Å². The highest BCUT2D eigenvalue weighted by Gasteiger charge is 2.20. The third-order valence-electron chi connectivity index (χ3n) is 3.78. The number of nitrogens with one attached hydrogen (secondary N) is 1. The number of nitrogens with zero attached hydrogens (tertiary/aromatic N) is 4. The van der Waals surface area contributed by atoms with E-state index in [9.17, 15) is 4.79 Å². The average molecular weight is 384 g/mol. The minimum Gasteiger partial charge on any atom is -0.335 e. The molecule has 0 spiro atoms. The van der Waals surface area contributed by atoms with E-state index in [0.717, 1.165) is 34.6 Å². The van der Waals surface area contributed by atoms with E-state index in [2.05, 4.69) is 31.6 Å². The number of amides is 1. The first-order valence-corrected chi connectivity index (χ1v) is 8.86. The maximum atomic E-state index is 12.4. The van der Waals surface area contributed by atoms with Crippen molar-refractivity contribution in [2.24, 2.45) is 0 Å². The standard InChI is InChI=1S/C14H18BrN5OS/c1-19(8-11-2-3-13(15)22-11)14(21)12-9-20(18-17-12)10-4-6-16-7-5-10/h2-3,9-10,16H,4-8H2,1H3. The third-order valence-corrected chi connectivity index (χ3v) is 5.39. The molecule has 8 heteroatoms. The maximum absolute atomic E-state index is 12.4. The van der Waals surface area contributed by atoms with Gasteiger partial charge in [0.15, 0.2) is 5.69 Å². The number of thiophene rings is 1. The zero-order chi connectivity index (χ0) is 15.5. The van der Waals surface area contributed by atoms with Crippen molar-refractivity contribution in [3.63, 3.8) is 0 Å². The minimum atomic E-state index is -0.0929. The van der Waals surface area contributed by atoms with Crippen LogP contribution in [0.1, 0.15) is 34.2 Å². The fourth-order valence-electron chi connectivity index (χ4n) is 2.56. The van der Waals surface area contributed by atoms with Gasteiger partial charge in [0.2, 0.25) is 0 Å². The highest BCUT2D eigenvalue weighted by Crippen LogP contribution is 2.23. The Morgan fingerprint density at radius 3 is 2.95 bits per heavy atom. The molecule has 0 bridgehead atoms. The molecule has 22 heavy (non-hydrogen) atoms. The zero-order valence-corrected chi connectivity index (χ0v) is 14.7. The van der Waals surface area contributed by atoms with Crippen LogP contribution in [0.5, 0.6) is 0 Å². The molecule has 1 fully saturated rings. The Morgan fingerprint density at radius 1 is 1.50 bits per heavy atom. The molecule has 1 amide bonds. The van der Waals surface area contributed by atoms with Crippen molar-refractivity contribution in [1.29, 1.82) is 0 Å². The van der Waals surface area contributed by atoms with E-state index in [4.69, 9.17) is 0 Å². The molecular formula is C14H18BrN5OS. The summed E-state index contributed by atoms with van der Waals surface area (Å²) in [6.45, 7) is 2.55. The van der Waals surface area contributed by atoms with Gasteiger partial charge in [-0.25, -0.2) is 4.68 Å². The molecule has 3 rings (SSSR count). The largest absolute Gasteiger partial charge is 0.335 e. The van der Waals surface area contributed by atoms with Crippen LogP contribution in [0.25, 0.3) is 0 Å². The van der Waals surface area contributed by atoms with Crippen molar-refractivity contribution >= 4 is 33.2 Å². The molecule has 0 unspecified atom stereocenters. The van der Waals surface area contributed by atoms with Crippen molar-refractivity contribution < 1.29 is 4.79 Å². The number of rotatable bonds is 4. The maximum Gasteiger partial charge on any atom is 0.276 e. The number of hydrogen-bond donors (Lipinski definition) is 1. The first kappa shape index (κ1) is 15.6. The number of carbonyl (C=O) groups is 1. The lowest BCUT2D eigenvalue weighted by Gasteiger charge is -2.22. The van der Waals surface area contributed by atoms with Gasteiger partial charge in [0.05, 0.1) is 22.6 Å². The van der Waals surface area contributed by atoms with Crippen molar-refractivity contribution in [2.45, 2.75) is 25.4 Å². The monoisotopic (exact) mass is 383 g/mol. The molecular weight excluding hydrogens is 366 g/mol. The number of aromatic nitrogens is 3. The lowest BCUT2D eigenvalue weighted by atomic mass is 10.1. The molecule has 0 aliphatic carbocycles. The van der Waals surface area contributed by atoms with Crippen LogP contribution in [0.2, 0.25) is 0 Å². The number of halogens is 1. The fraction of sp³-hybridized carbons (Fsp3) is 0.500. The van der Waals surface area contributed by atoms with Gasteiger partial charge in [0, 0.05) is 11.9 Å². The molecule has 2 aromatic rings. The fourth-order valence-corrected chi connectivity index (χ4v) is 4.10. The summed E-state index contributed by atoms with van der Waals surface area (Å²) in [4.78, 5) is 15.3. The quantitative estimate of drug-likeness (QED) is 0.879. The second-order valence-corrected chi connectivity index (χ2v) is 7.98. The van der Waals surface area contributed by atoms with Crippen LogP contribution in [0, 0.1) is 0 Å². The number of hydrogen-bond acceptors (Lipinski definition) is 5. The van der Waals surface area contributed by atoms with Gasteiger partial charge in [0.1, 0.15) is 0 Å². The van der Waals surface area contributed by atoms with Crippen molar-refractivity contribution in [2.75, 3.05) is 20.1 Å². The molecule has 2 aromatic heterocycles. The van der Waals surface area contributed by atoms with Gasteiger partial charge in [-0.2, -0.15) is 0 Å². The van der Waals surface area contributed by atoms with E-state index in [0.29, 0.717) is 18.3 Å². The summed E-state index contributed by atoms with van der Waals surface area (Å²) in [5.74, 6) is -0.0929. The summed E-state index contributed by atoms with van der Waals surface area (Å²) in [6, 6.07) is 4.35. The molecule has 3 heterocycles. The Hall–Kier alpha value is -1.25. The van der Waals surface area contributed by atoms with E-state index in [1.165, 1.54) is 0 Å². The number of piperidine rings is 1. The number of carbonyl (C=O) groups excluding carboxylic acids is 1. The van der Waals surface area contributed by atoms with Crippen LogP contribution in [0.4, 0.5) is 0 Å².